The Bertz CT molecular complexity index is 490. The highest BCUT2D eigenvalue weighted by Crippen LogP contribution is 2.41. The monoisotopic (exact) mass is 362 g/mol. The molecule has 0 aromatic heterocycles. The largest absolute Gasteiger partial charge is 0.411 e. The summed E-state index contributed by atoms with van der Waals surface area (Å²) >= 11 is 12.5. The first-order valence-electron chi connectivity index (χ1n) is 7.68. The van der Waals surface area contributed by atoms with Crippen molar-refractivity contribution in [1.82, 2.24) is 0 Å². The van der Waals surface area contributed by atoms with Crippen molar-refractivity contribution >= 4 is 31.5 Å². The highest BCUT2D eigenvalue weighted by molar-refractivity contribution is 6.74. The Balaban J connectivity index is 3.17. The molecular formula is C17H28Cl2O2Si. The Morgan fingerprint density at radius 2 is 1.55 bits per heavy atom. The van der Waals surface area contributed by atoms with Crippen LogP contribution < -0.4 is 0 Å². The molecule has 0 amide bonds. The summed E-state index contributed by atoms with van der Waals surface area (Å²) in [4.78, 5) is 0. The van der Waals surface area contributed by atoms with Gasteiger partial charge >= 0.3 is 0 Å². The van der Waals surface area contributed by atoms with Gasteiger partial charge in [-0.3, -0.25) is 0 Å². The normalized spacial score (nSPS) is 16.0. The van der Waals surface area contributed by atoms with Gasteiger partial charge in [0.25, 0.3) is 0 Å². The van der Waals surface area contributed by atoms with Crippen LogP contribution >= 0.6 is 23.2 Å². The molecule has 0 radical (unpaired) electrons. The molecule has 22 heavy (non-hydrogen) atoms. The first-order chi connectivity index (χ1) is 9.88. The number of rotatable bonds is 5. The summed E-state index contributed by atoms with van der Waals surface area (Å²) in [7, 11) is -2.01. The molecule has 1 aromatic carbocycles. The van der Waals surface area contributed by atoms with E-state index in [9.17, 15) is 5.11 Å². The third-order valence-corrected chi connectivity index (χ3v) is 9.63. The first-order valence-corrected chi connectivity index (χ1v) is 11.3. The number of aliphatic hydroxyl groups is 1. The van der Waals surface area contributed by atoms with Crippen LogP contribution in [0.15, 0.2) is 18.2 Å². The van der Waals surface area contributed by atoms with E-state index in [1.165, 1.54) is 0 Å². The molecule has 0 heterocycles. The van der Waals surface area contributed by atoms with E-state index in [0.717, 1.165) is 0 Å². The molecule has 0 saturated carbocycles. The third-order valence-electron chi connectivity index (χ3n) is 4.50. The van der Waals surface area contributed by atoms with Crippen LogP contribution in [0.3, 0.4) is 0 Å². The van der Waals surface area contributed by atoms with Gasteiger partial charge in [-0.15, -0.1) is 0 Å². The molecule has 126 valence electrons. The SMILES string of the molecule is CC(C)C(O[Si](C)(C)C(C)(C)C)[C@H](O)c1c(Cl)cccc1Cl. The van der Waals surface area contributed by atoms with E-state index in [2.05, 4.69) is 33.9 Å². The van der Waals surface area contributed by atoms with Crippen LogP contribution in [0.5, 0.6) is 0 Å². The lowest BCUT2D eigenvalue weighted by atomic mass is 9.96. The topological polar surface area (TPSA) is 29.5 Å². The minimum absolute atomic E-state index is 0.0735. The van der Waals surface area contributed by atoms with Gasteiger partial charge in [0, 0.05) is 15.6 Å². The van der Waals surface area contributed by atoms with E-state index in [-0.39, 0.29) is 17.1 Å². The number of hydrogen-bond donors (Lipinski definition) is 1. The molecule has 2 nitrogen and oxygen atoms in total. The number of benzene rings is 1. The van der Waals surface area contributed by atoms with Crippen LogP contribution in [-0.2, 0) is 4.43 Å². The molecule has 0 fully saturated rings. The summed E-state index contributed by atoms with van der Waals surface area (Å²) in [6, 6.07) is 5.27. The van der Waals surface area contributed by atoms with Crippen LogP contribution in [-0.4, -0.2) is 19.5 Å². The summed E-state index contributed by atoms with van der Waals surface area (Å²) in [5.41, 5.74) is 0.559. The molecule has 2 atom stereocenters. The second-order valence-electron chi connectivity index (χ2n) is 7.67. The highest BCUT2D eigenvalue weighted by atomic mass is 35.5. The zero-order chi connectivity index (χ0) is 17.3. The van der Waals surface area contributed by atoms with Gasteiger partial charge < -0.3 is 9.53 Å². The fraction of sp³-hybridized carbons (Fsp3) is 0.647. The molecule has 5 heteroatoms. The number of hydrogen-bond acceptors (Lipinski definition) is 2. The maximum Gasteiger partial charge on any atom is 0.192 e. The Morgan fingerprint density at radius 3 is 1.91 bits per heavy atom. The van der Waals surface area contributed by atoms with Gasteiger partial charge in [0.2, 0.25) is 0 Å². The summed E-state index contributed by atoms with van der Waals surface area (Å²) in [5, 5.41) is 11.9. The van der Waals surface area contributed by atoms with Crippen LogP contribution in [0, 0.1) is 5.92 Å². The Kier molecular flexibility index (Phi) is 6.56. The van der Waals surface area contributed by atoms with Gasteiger partial charge in [-0.05, 0) is 36.2 Å². The van der Waals surface area contributed by atoms with E-state index < -0.39 is 14.4 Å². The van der Waals surface area contributed by atoms with Crippen LogP contribution in [0.2, 0.25) is 28.2 Å². The van der Waals surface area contributed by atoms with Gasteiger partial charge in [0.1, 0.15) is 6.10 Å². The standard InChI is InChI=1S/C17H28Cl2O2Si/c1-11(2)16(21-22(6,7)17(3,4)5)15(20)14-12(18)9-8-10-13(14)19/h8-11,15-16,20H,1-7H3/t15-,16?/m1/s1. The lowest BCUT2D eigenvalue weighted by Gasteiger charge is -2.42. The molecular weight excluding hydrogens is 335 g/mol. The molecule has 1 unspecified atom stereocenters. The third kappa shape index (κ3) is 4.48. The van der Waals surface area contributed by atoms with E-state index in [1.54, 1.807) is 18.2 Å². The van der Waals surface area contributed by atoms with E-state index in [1.807, 2.05) is 13.8 Å². The van der Waals surface area contributed by atoms with Crippen LogP contribution in [0.25, 0.3) is 0 Å². The molecule has 1 N–H and O–H groups in total. The Hall–Kier alpha value is -0.0631. The lowest BCUT2D eigenvalue weighted by molar-refractivity contribution is -0.000749. The zero-order valence-corrected chi connectivity index (χ0v) is 17.1. The molecule has 1 aromatic rings. The Labute approximate surface area is 145 Å². The molecule has 1 rings (SSSR count). The molecule has 0 aliphatic carbocycles. The van der Waals surface area contributed by atoms with Gasteiger partial charge in [0.05, 0.1) is 6.10 Å². The summed E-state index contributed by atoms with van der Waals surface area (Å²) < 4.78 is 6.46. The predicted molar refractivity (Wildman–Crippen MR) is 98.3 cm³/mol. The van der Waals surface area contributed by atoms with E-state index in [4.69, 9.17) is 27.6 Å². The van der Waals surface area contributed by atoms with Gasteiger partial charge in [-0.25, -0.2) is 0 Å². The van der Waals surface area contributed by atoms with Crippen molar-refractivity contribution in [1.29, 1.82) is 0 Å². The van der Waals surface area contributed by atoms with Gasteiger partial charge in [0.15, 0.2) is 8.32 Å². The van der Waals surface area contributed by atoms with Crippen LogP contribution in [0.1, 0.15) is 46.3 Å². The highest BCUT2D eigenvalue weighted by Gasteiger charge is 2.42. The van der Waals surface area contributed by atoms with Crippen molar-refractivity contribution in [2.75, 3.05) is 0 Å². The fourth-order valence-electron chi connectivity index (χ4n) is 2.04. The van der Waals surface area contributed by atoms with Crippen molar-refractivity contribution in [3.63, 3.8) is 0 Å². The van der Waals surface area contributed by atoms with Crippen molar-refractivity contribution < 1.29 is 9.53 Å². The van der Waals surface area contributed by atoms with E-state index in [0.29, 0.717) is 15.6 Å². The van der Waals surface area contributed by atoms with Crippen molar-refractivity contribution in [2.45, 2.75) is 65.0 Å². The predicted octanol–water partition coefficient (Wildman–Crippen LogP) is 6.07. The van der Waals surface area contributed by atoms with Crippen molar-refractivity contribution in [3.8, 4) is 0 Å². The smallest absolute Gasteiger partial charge is 0.192 e. The average Bonchev–Trinajstić information content (AvgIpc) is 2.33. The second kappa shape index (κ2) is 7.23. The van der Waals surface area contributed by atoms with Gasteiger partial charge in [-0.2, -0.15) is 0 Å². The van der Waals surface area contributed by atoms with Crippen LogP contribution in [0.4, 0.5) is 0 Å². The van der Waals surface area contributed by atoms with Crippen molar-refractivity contribution in [3.05, 3.63) is 33.8 Å². The van der Waals surface area contributed by atoms with E-state index >= 15 is 0 Å². The maximum absolute atomic E-state index is 10.9. The summed E-state index contributed by atoms with van der Waals surface area (Å²) in [6.45, 7) is 15.0. The lowest BCUT2D eigenvalue weighted by Crippen LogP contribution is -2.47. The molecule has 0 saturated heterocycles. The number of aliphatic hydroxyl groups excluding tert-OH is 1. The minimum atomic E-state index is -2.01. The fourth-order valence-corrected chi connectivity index (χ4v) is 4.10. The molecule has 0 aliphatic heterocycles. The first kappa shape index (κ1) is 20.0. The quantitative estimate of drug-likeness (QED) is 0.643. The molecule has 0 bridgehead atoms. The molecule has 0 aliphatic rings. The Morgan fingerprint density at radius 1 is 1.09 bits per heavy atom. The summed E-state index contributed by atoms with van der Waals surface area (Å²) in [5.74, 6) is 0.150. The second-order valence-corrected chi connectivity index (χ2v) is 13.2. The zero-order valence-electron chi connectivity index (χ0n) is 14.6. The average molecular weight is 363 g/mol. The van der Waals surface area contributed by atoms with Crippen molar-refractivity contribution in [2.24, 2.45) is 5.92 Å². The maximum atomic E-state index is 10.9. The summed E-state index contributed by atoms with van der Waals surface area (Å²) in [6.07, 6.45) is -1.17. The number of halogens is 2. The van der Waals surface area contributed by atoms with Gasteiger partial charge in [-0.1, -0.05) is 63.9 Å². The molecule has 0 spiro atoms. The minimum Gasteiger partial charge on any atom is -0.411 e.